The Kier molecular flexibility index (Phi) is 6.96. The van der Waals surface area contributed by atoms with Crippen LogP contribution in [0.1, 0.15) is 46.6 Å². The number of pyridine rings is 1. The quantitative estimate of drug-likeness (QED) is 0.522. The highest BCUT2D eigenvalue weighted by molar-refractivity contribution is 7.15. The normalized spacial score (nSPS) is 18.2. The van der Waals surface area contributed by atoms with Crippen molar-refractivity contribution < 1.29 is 19.4 Å². The summed E-state index contributed by atoms with van der Waals surface area (Å²) in [5.41, 5.74) is 1.39. The van der Waals surface area contributed by atoms with Gasteiger partial charge in [-0.05, 0) is 49.4 Å². The van der Waals surface area contributed by atoms with Crippen LogP contribution in [0.15, 0.2) is 42.6 Å². The lowest BCUT2D eigenvalue weighted by atomic mass is 9.87. The summed E-state index contributed by atoms with van der Waals surface area (Å²) in [4.78, 5) is 27.8. The number of anilines is 1. The summed E-state index contributed by atoms with van der Waals surface area (Å²) >= 11 is 7.31. The van der Waals surface area contributed by atoms with Crippen LogP contribution in [-0.4, -0.2) is 38.3 Å². The summed E-state index contributed by atoms with van der Waals surface area (Å²) in [6.07, 6.45) is 4.52. The Morgan fingerprint density at radius 2 is 1.97 bits per heavy atom. The van der Waals surface area contributed by atoms with E-state index in [1.54, 1.807) is 12.1 Å². The molecule has 2 heterocycles. The van der Waals surface area contributed by atoms with Gasteiger partial charge in [-0.15, -0.1) is 10.2 Å². The Hall–Kier alpha value is -3.04. The Balaban J connectivity index is 1.30. The Bertz CT molecular complexity index is 1100. The first-order chi connectivity index (χ1) is 15.5. The second-order valence-corrected chi connectivity index (χ2v) is 9.08. The van der Waals surface area contributed by atoms with E-state index in [2.05, 4.69) is 20.5 Å². The first-order valence-corrected chi connectivity index (χ1v) is 11.4. The fourth-order valence-electron chi connectivity index (χ4n) is 3.55. The standard InChI is InChI=1S/C22H21ClN4O4S/c23-16-3-1-2-13(10-16)11-19-26-27-22(32-19)25-20(28)15-6-9-18(24-12-15)31-17-7-4-14(5-8-17)21(29)30/h1-3,6,9-10,12,14,17H,4-5,7-8,11H2,(H,29,30)(H,25,27,28)/t14-,17+. The number of halogens is 1. The van der Waals surface area contributed by atoms with Crippen molar-refractivity contribution in [2.24, 2.45) is 5.92 Å². The second kappa shape index (κ2) is 10.1. The number of nitrogens with one attached hydrogen (secondary N) is 1. The summed E-state index contributed by atoms with van der Waals surface area (Å²) in [6.45, 7) is 0. The van der Waals surface area contributed by atoms with E-state index in [0.29, 0.717) is 53.7 Å². The van der Waals surface area contributed by atoms with Crippen molar-refractivity contribution in [1.29, 1.82) is 0 Å². The van der Waals surface area contributed by atoms with Gasteiger partial charge >= 0.3 is 5.97 Å². The number of rotatable bonds is 7. The van der Waals surface area contributed by atoms with Crippen LogP contribution in [0.3, 0.4) is 0 Å². The van der Waals surface area contributed by atoms with Crippen LogP contribution in [0.5, 0.6) is 5.88 Å². The molecular weight excluding hydrogens is 452 g/mol. The number of carbonyl (C=O) groups excluding carboxylic acids is 1. The maximum atomic E-state index is 12.5. The van der Waals surface area contributed by atoms with E-state index in [-0.39, 0.29) is 17.9 Å². The van der Waals surface area contributed by atoms with E-state index >= 15 is 0 Å². The number of ether oxygens (including phenoxy) is 1. The van der Waals surface area contributed by atoms with Crippen molar-refractivity contribution >= 4 is 39.9 Å². The largest absolute Gasteiger partial charge is 0.481 e. The van der Waals surface area contributed by atoms with E-state index < -0.39 is 5.97 Å². The molecule has 0 unspecified atom stereocenters. The molecule has 3 aromatic rings. The predicted molar refractivity (Wildman–Crippen MR) is 120 cm³/mol. The van der Waals surface area contributed by atoms with Gasteiger partial charge in [-0.1, -0.05) is 35.1 Å². The number of carbonyl (C=O) groups is 2. The first kappa shape index (κ1) is 22.2. The number of hydrogen-bond donors (Lipinski definition) is 2. The van der Waals surface area contributed by atoms with E-state index in [4.69, 9.17) is 21.4 Å². The molecule has 10 heteroatoms. The molecule has 1 aliphatic rings. The van der Waals surface area contributed by atoms with Crippen molar-refractivity contribution in [3.05, 3.63) is 63.8 Å². The average molecular weight is 473 g/mol. The predicted octanol–water partition coefficient (Wildman–Crippen LogP) is 4.45. The molecule has 0 atom stereocenters. The van der Waals surface area contributed by atoms with Crippen molar-refractivity contribution in [3.63, 3.8) is 0 Å². The van der Waals surface area contributed by atoms with Gasteiger partial charge in [-0.25, -0.2) is 4.98 Å². The number of benzene rings is 1. The lowest BCUT2D eigenvalue weighted by Crippen LogP contribution is -2.28. The maximum Gasteiger partial charge on any atom is 0.306 e. The van der Waals surface area contributed by atoms with Crippen LogP contribution in [0.4, 0.5) is 5.13 Å². The highest BCUT2D eigenvalue weighted by Crippen LogP contribution is 2.27. The lowest BCUT2D eigenvalue weighted by Gasteiger charge is -2.26. The van der Waals surface area contributed by atoms with E-state index in [1.165, 1.54) is 17.5 Å². The van der Waals surface area contributed by atoms with E-state index in [0.717, 1.165) is 10.6 Å². The number of amides is 1. The minimum atomic E-state index is -0.746. The van der Waals surface area contributed by atoms with Crippen molar-refractivity contribution in [3.8, 4) is 5.88 Å². The minimum Gasteiger partial charge on any atom is -0.481 e. The molecule has 1 aliphatic carbocycles. The average Bonchev–Trinajstić information content (AvgIpc) is 3.21. The topological polar surface area (TPSA) is 114 Å². The van der Waals surface area contributed by atoms with Crippen LogP contribution in [-0.2, 0) is 11.2 Å². The van der Waals surface area contributed by atoms with Crippen molar-refractivity contribution in [2.75, 3.05) is 5.32 Å². The second-order valence-electron chi connectivity index (χ2n) is 7.58. The summed E-state index contributed by atoms with van der Waals surface area (Å²) in [5, 5.41) is 21.8. The maximum absolute atomic E-state index is 12.5. The fourth-order valence-corrected chi connectivity index (χ4v) is 4.53. The SMILES string of the molecule is O=C(Nc1nnc(Cc2cccc(Cl)c2)s1)c1ccc(O[C@H]2CC[C@@H](C(=O)O)CC2)nc1. The number of hydrogen-bond acceptors (Lipinski definition) is 7. The van der Waals surface area contributed by atoms with Crippen molar-refractivity contribution in [1.82, 2.24) is 15.2 Å². The van der Waals surface area contributed by atoms with Crippen LogP contribution in [0, 0.1) is 5.92 Å². The molecule has 0 saturated heterocycles. The summed E-state index contributed by atoms with van der Waals surface area (Å²) in [5.74, 6) is -0.958. The van der Waals surface area contributed by atoms with Gasteiger partial charge in [0, 0.05) is 23.7 Å². The van der Waals surface area contributed by atoms with Gasteiger partial charge < -0.3 is 9.84 Å². The molecule has 1 amide bonds. The van der Waals surface area contributed by atoms with Gasteiger partial charge in [0.05, 0.1) is 11.5 Å². The monoisotopic (exact) mass is 472 g/mol. The zero-order valence-electron chi connectivity index (χ0n) is 17.0. The molecule has 0 aliphatic heterocycles. The molecule has 0 radical (unpaired) electrons. The number of nitrogens with zero attached hydrogens (tertiary/aromatic N) is 3. The highest BCUT2D eigenvalue weighted by Gasteiger charge is 2.27. The zero-order chi connectivity index (χ0) is 22.5. The van der Waals surface area contributed by atoms with Gasteiger partial charge in [-0.3, -0.25) is 14.9 Å². The number of carboxylic acid groups (broad SMARTS) is 1. The molecule has 166 valence electrons. The first-order valence-electron chi connectivity index (χ1n) is 10.2. The third-order valence-electron chi connectivity index (χ3n) is 5.24. The Labute approximate surface area is 193 Å². The van der Waals surface area contributed by atoms with Crippen LogP contribution in [0.25, 0.3) is 0 Å². The summed E-state index contributed by atoms with van der Waals surface area (Å²) in [7, 11) is 0. The van der Waals surface area contributed by atoms with Gasteiger partial charge in [0.2, 0.25) is 11.0 Å². The number of aromatic nitrogens is 3. The highest BCUT2D eigenvalue weighted by atomic mass is 35.5. The molecule has 8 nitrogen and oxygen atoms in total. The Morgan fingerprint density at radius 1 is 1.16 bits per heavy atom. The molecular formula is C22H21ClN4O4S. The molecule has 4 rings (SSSR count). The number of carboxylic acids is 1. The fraction of sp³-hybridized carbons (Fsp3) is 0.318. The van der Waals surface area contributed by atoms with Gasteiger partial charge in [0.15, 0.2) is 0 Å². The van der Waals surface area contributed by atoms with E-state index in [9.17, 15) is 9.59 Å². The molecule has 1 fully saturated rings. The molecule has 2 aromatic heterocycles. The molecule has 0 spiro atoms. The molecule has 1 saturated carbocycles. The molecule has 0 bridgehead atoms. The Morgan fingerprint density at radius 3 is 2.66 bits per heavy atom. The van der Waals surface area contributed by atoms with Gasteiger partial charge in [0.25, 0.3) is 5.91 Å². The van der Waals surface area contributed by atoms with Gasteiger partial charge in [0.1, 0.15) is 11.1 Å². The van der Waals surface area contributed by atoms with Gasteiger partial charge in [-0.2, -0.15) is 0 Å². The van der Waals surface area contributed by atoms with Crippen LogP contribution >= 0.6 is 22.9 Å². The smallest absolute Gasteiger partial charge is 0.306 e. The van der Waals surface area contributed by atoms with Crippen LogP contribution in [0.2, 0.25) is 5.02 Å². The van der Waals surface area contributed by atoms with E-state index in [1.807, 2.05) is 24.3 Å². The third-order valence-corrected chi connectivity index (χ3v) is 6.31. The molecule has 1 aromatic carbocycles. The van der Waals surface area contributed by atoms with Crippen LogP contribution < -0.4 is 10.1 Å². The molecule has 2 N–H and O–H groups in total. The lowest BCUT2D eigenvalue weighted by molar-refractivity contribution is -0.143. The van der Waals surface area contributed by atoms with Crippen molar-refractivity contribution in [2.45, 2.75) is 38.2 Å². The summed E-state index contributed by atoms with van der Waals surface area (Å²) < 4.78 is 5.84. The molecule has 32 heavy (non-hydrogen) atoms. The summed E-state index contributed by atoms with van der Waals surface area (Å²) in [6, 6.07) is 10.8. The minimum absolute atomic E-state index is 0.0583. The number of aliphatic carboxylic acids is 1. The zero-order valence-corrected chi connectivity index (χ0v) is 18.6. The third kappa shape index (κ3) is 5.80.